The van der Waals surface area contributed by atoms with Gasteiger partial charge in [0.05, 0.1) is 11.6 Å². The highest BCUT2D eigenvalue weighted by atomic mass is 32.2. The van der Waals surface area contributed by atoms with Crippen molar-refractivity contribution in [2.75, 3.05) is 18.4 Å². The second kappa shape index (κ2) is 7.19. The van der Waals surface area contributed by atoms with Gasteiger partial charge in [-0.15, -0.1) is 11.3 Å². The van der Waals surface area contributed by atoms with Gasteiger partial charge in [0.1, 0.15) is 15.8 Å². The van der Waals surface area contributed by atoms with Crippen LogP contribution < -0.4 is 5.32 Å². The van der Waals surface area contributed by atoms with E-state index in [9.17, 15) is 22.0 Å². The van der Waals surface area contributed by atoms with Gasteiger partial charge in [-0.3, -0.25) is 4.79 Å². The van der Waals surface area contributed by atoms with Gasteiger partial charge in [0, 0.05) is 19.2 Å². The van der Waals surface area contributed by atoms with Crippen molar-refractivity contribution in [3.8, 4) is 0 Å². The number of hydrogen-bond acceptors (Lipinski definition) is 4. The molecule has 0 aliphatic carbocycles. The number of thiophene rings is 1. The molecule has 1 N–H and O–H groups in total. The van der Waals surface area contributed by atoms with Crippen molar-refractivity contribution in [3.05, 3.63) is 47.3 Å². The normalized spacial score (nSPS) is 18.9. The van der Waals surface area contributed by atoms with E-state index in [0.29, 0.717) is 25.5 Å². The Morgan fingerprint density at radius 3 is 2.76 bits per heavy atom. The summed E-state index contributed by atoms with van der Waals surface area (Å²) in [5, 5.41) is 4.09. The molecule has 0 spiro atoms. The number of rotatable bonds is 4. The van der Waals surface area contributed by atoms with Crippen LogP contribution in [0.2, 0.25) is 0 Å². The minimum absolute atomic E-state index is 0.0366. The van der Waals surface area contributed by atoms with Gasteiger partial charge < -0.3 is 5.32 Å². The summed E-state index contributed by atoms with van der Waals surface area (Å²) in [5.41, 5.74) is -0.121. The first-order valence-electron chi connectivity index (χ1n) is 7.67. The molecule has 25 heavy (non-hydrogen) atoms. The molecule has 9 heteroatoms. The maximum absolute atomic E-state index is 13.7. The Labute approximate surface area is 148 Å². The molecule has 0 bridgehead atoms. The molecule has 5 nitrogen and oxygen atoms in total. The van der Waals surface area contributed by atoms with Gasteiger partial charge in [-0.2, -0.15) is 4.31 Å². The lowest BCUT2D eigenvalue weighted by atomic mass is 9.98. The number of piperidine rings is 1. The number of carbonyl (C=O) groups excluding carboxylic acids is 1. The number of halogens is 2. The molecule has 1 aromatic carbocycles. The molecule has 1 amide bonds. The highest BCUT2D eigenvalue weighted by Crippen LogP contribution is 2.27. The summed E-state index contributed by atoms with van der Waals surface area (Å²) in [6.07, 6.45) is 1.04. The number of amides is 1. The van der Waals surface area contributed by atoms with Gasteiger partial charge in [0.2, 0.25) is 5.91 Å². The van der Waals surface area contributed by atoms with E-state index in [1.54, 1.807) is 11.4 Å². The largest absolute Gasteiger partial charge is 0.323 e. The van der Waals surface area contributed by atoms with Crippen molar-refractivity contribution in [2.45, 2.75) is 17.1 Å². The van der Waals surface area contributed by atoms with Crippen molar-refractivity contribution in [1.82, 2.24) is 4.31 Å². The van der Waals surface area contributed by atoms with E-state index in [-0.39, 0.29) is 16.4 Å². The van der Waals surface area contributed by atoms with E-state index in [1.165, 1.54) is 10.4 Å². The lowest BCUT2D eigenvalue weighted by molar-refractivity contribution is -0.120. The highest BCUT2D eigenvalue weighted by Gasteiger charge is 2.34. The third kappa shape index (κ3) is 3.88. The van der Waals surface area contributed by atoms with Gasteiger partial charge >= 0.3 is 0 Å². The van der Waals surface area contributed by atoms with Crippen LogP contribution in [0.5, 0.6) is 0 Å². The van der Waals surface area contributed by atoms with Gasteiger partial charge in [0.15, 0.2) is 0 Å². The Kier molecular flexibility index (Phi) is 5.16. The van der Waals surface area contributed by atoms with Gasteiger partial charge in [-0.25, -0.2) is 17.2 Å². The average molecular weight is 386 g/mol. The third-order valence-electron chi connectivity index (χ3n) is 4.03. The first-order valence-corrected chi connectivity index (χ1v) is 9.99. The molecule has 1 aliphatic heterocycles. The molecule has 0 radical (unpaired) electrons. The average Bonchev–Trinajstić information content (AvgIpc) is 3.13. The fraction of sp³-hybridized carbons (Fsp3) is 0.312. The first-order chi connectivity index (χ1) is 11.9. The molecule has 134 valence electrons. The first kappa shape index (κ1) is 18.0. The second-order valence-electron chi connectivity index (χ2n) is 5.75. The van der Waals surface area contributed by atoms with Gasteiger partial charge in [-0.1, -0.05) is 6.07 Å². The molecule has 1 saturated heterocycles. The minimum atomic E-state index is -3.62. The zero-order valence-electron chi connectivity index (χ0n) is 13.1. The zero-order valence-corrected chi connectivity index (χ0v) is 14.7. The lowest BCUT2D eigenvalue weighted by Gasteiger charge is -2.30. The maximum Gasteiger partial charge on any atom is 0.252 e. The zero-order chi connectivity index (χ0) is 18.0. The molecular formula is C16H16F2N2O3S2. The van der Waals surface area contributed by atoms with E-state index in [1.807, 2.05) is 0 Å². The van der Waals surface area contributed by atoms with Gasteiger partial charge in [0.25, 0.3) is 10.0 Å². The minimum Gasteiger partial charge on any atom is -0.323 e. The molecule has 1 aromatic heterocycles. The molecule has 2 aromatic rings. The summed E-state index contributed by atoms with van der Waals surface area (Å²) < 4.78 is 53.3. The highest BCUT2D eigenvalue weighted by molar-refractivity contribution is 7.91. The second-order valence-corrected chi connectivity index (χ2v) is 8.86. The summed E-state index contributed by atoms with van der Waals surface area (Å²) in [6, 6.07) is 6.06. The standard InChI is InChI=1S/C16H16F2N2O3S2/c17-12-5-6-14(13(18)9-12)19-16(21)11-3-1-7-20(10-11)25(22,23)15-4-2-8-24-15/h2,4-6,8-9,11H,1,3,7,10H2,(H,19,21)/t11-/m1/s1. The maximum atomic E-state index is 13.7. The molecule has 2 heterocycles. The van der Waals surface area contributed by atoms with Crippen LogP contribution in [0.3, 0.4) is 0 Å². The molecule has 1 aliphatic rings. The topological polar surface area (TPSA) is 66.5 Å². The molecule has 3 rings (SSSR count). The van der Waals surface area contributed by atoms with Crippen molar-refractivity contribution < 1.29 is 22.0 Å². The SMILES string of the molecule is O=C(Nc1ccc(F)cc1F)[C@@H]1CCCN(S(=O)(=O)c2cccs2)C1. The number of carbonyl (C=O) groups is 1. The number of hydrogen-bond donors (Lipinski definition) is 1. The Morgan fingerprint density at radius 2 is 2.08 bits per heavy atom. The smallest absolute Gasteiger partial charge is 0.252 e. The van der Waals surface area contributed by atoms with E-state index in [0.717, 1.165) is 23.5 Å². The van der Waals surface area contributed by atoms with E-state index in [2.05, 4.69) is 5.32 Å². The lowest BCUT2D eigenvalue weighted by Crippen LogP contribution is -2.43. The van der Waals surface area contributed by atoms with Crippen LogP contribution in [0, 0.1) is 17.6 Å². The number of sulfonamides is 1. The fourth-order valence-electron chi connectivity index (χ4n) is 2.74. The predicted molar refractivity (Wildman–Crippen MR) is 90.8 cm³/mol. The Balaban J connectivity index is 1.72. The Bertz CT molecular complexity index is 870. The van der Waals surface area contributed by atoms with Crippen LogP contribution in [0.15, 0.2) is 39.9 Å². The van der Waals surface area contributed by atoms with E-state index in [4.69, 9.17) is 0 Å². The molecular weight excluding hydrogens is 370 g/mol. The molecule has 1 fully saturated rings. The summed E-state index contributed by atoms with van der Waals surface area (Å²) in [4.78, 5) is 12.4. The predicted octanol–water partition coefficient (Wildman–Crippen LogP) is 3.07. The molecule has 0 unspecified atom stereocenters. The van der Waals surface area contributed by atoms with Crippen LogP contribution >= 0.6 is 11.3 Å². The molecule has 0 saturated carbocycles. The van der Waals surface area contributed by atoms with Crippen molar-refractivity contribution in [2.24, 2.45) is 5.92 Å². The van der Waals surface area contributed by atoms with E-state index >= 15 is 0 Å². The number of anilines is 1. The van der Waals surface area contributed by atoms with Gasteiger partial charge in [-0.05, 0) is 36.4 Å². The fourth-order valence-corrected chi connectivity index (χ4v) is 5.41. The quantitative estimate of drug-likeness (QED) is 0.878. The van der Waals surface area contributed by atoms with Crippen LogP contribution in [0.25, 0.3) is 0 Å². The Hall–Kier alpha value is -1.84. The third-order valence-corrected chi connectivity index (χ3v) is 7.27. The Morgan fingerprint density at radius 1 is 1.28 bits per heavy atom. The van der Waals surface area contributed by atoms with E-state index < -0.39 is 33.5 Å². The van der Waals surface area contributed by atoms with Crippen molar-refractivity contribution in [3.63, 3.8) is 0 Å². The van der Waals surface area contributed by atoms with Crippen LogP contribution in [0.1, 0.15) is 12.8 Å². The van der Waals surface area contributed by atoms with Crippen molar-refractivity contribution >= 4 is 33.0 Å². The number of benzene rings is 1. The summed E-state index contributed by atoms with van der Waals surface area (Å²) in [6.45, 7) is 0.379. The molecule has 1 atom stereocenters. The van der Waals surface area contributed by atoms with Crippen LogP contribution in [-0.2, 0) is 14.8 Å². The summed E-state index contributed by atoms with van der Waals surface area (Å²) in [7, 11) is -3.62. The summed E-state index contributed by atoms with van der Waals surface area (Å²) in [5.74, 6) is -2.67. The number of nitrogens with one attached hydrogen (secondary N) is 1. The number of nitrogens with zero attached hydrogens (tertiary/aromatic N) is 1. The monoisotopic (exact) mass is 386 g/mol. The summed E-state index contributed by atoms with van der Waals surface area (Å²) >= 11 is 1.12. The van der Waals surface area contributed by atoms with Crippen LogP contribution in [-0.4, -0.2) is 31.7 Å². The van der Waals surface area contributed by atoms with Crippen LogP contribution in [0.4, 0.5) is 14.5 Å². The van der Waals surface area contributed by atoms with Crippen molar-refractivity contribution in [1.29, 1.82) is 0 Å².